The molecule has 3 rings (SSSR count). The normalized spacial score (nSPS) is 11.1. The van der Waals surface area contributed by atoms with Crippen LogP contribution in [0.15, 0.2) is 52.7 Å². The molecule has 0 radical (unpaired) electrons. The summed E-state index contributed by atoms with van der Waals surface area (Å²) in [6, 6.07) is 13.9. The standard InChI is InChI=1S/C16H16N4O3S2/c1-11-7-10-16(24-11)25(21,22)20-15-9-8-14(18-19-15)17-12-5-3-4-6-13(12)23-2/h3-10H,1-2H3,(H,17,18)(H,19,20). The van der Waals surface area contributed by atoms with Gasteiger partial charge in [0.1, 0.15) is 9.96 Å². The van der Waals surface area contributed by atoms with E-state index in [1.807, 2.05) is 31.2 Å². The van der Waals surface area contributed by atoms with Crippen molar-refractivity contribution in [3.05, 3.63) is 53.4 Å². The van der Waals surface area contributed by atoms with Crippen LogP contribution >= 0.6 is 11.3 Å². The number of aromatic nitrogens is 2. The third kappa shape index (κ3) is 4.06. The molecule has 0 atom stereocenters. The molecule has 2 aromatic heterocycles. The van der Waals surface area contributed by atoms with Crippen LogP contribution in [0.5, 0.6) is 5.75 Å². The molecule has 2 heterocycles. The van der Waals surface area contributed by atoms with Crippen LogP contribution in [-0.2, 0) is 10.0 Å². The molecule has 7 nitrogen and oxygen atoms in total. The zero-order chi connectivity index (χ0) is 17.9. The lowest BCUT2D eigenvalue weighted by Gasteiger charge is -2.10. The Morgan fingerprint density at radius 1 is 1.00 bits per heavy atom. The Balaban J connectivity index is 1.74. The van der Waals surface area contributed by atoms with Gasteiger partial charge in [-0.15, -0.1) is 21.5 Å². The fourth-order valence-electron chi connectivity index (χ4n) is 2.08. The maximum Gasteiger partial charge on any atom is 0.272 e. The number of nitrogens with zero attached hydrogens (tertiary/aromatic N) is 2. The van der Waals surface area contributed by atoms with Crippen LogP contribution in [0, 0.1) is 6.92 Å². The lowest BCUT2D eigenvalue weighted by atomic mass is 10.3. The van der Waals surface area contributed by atoms with E-state index in [9.17, 15) is 8.42 Å². The van der Waals surface area contributed by atoms with Gasteiger partial charge in [0.05, 0.1) is 12.8 Å². The molecule has 1 aromatic carbocycles. The predicted molar refractivity (Wildman–Crippen MR) is 98.2 cm³/mol. The summed E-state index contributed by atoms with van der Waals surface area (Å²) in [5, 5.41) is 11.0. The van der Waals surface area contributed by atoms with Gasteiger partial charge in [-0.05, 0) is 43.3 Å². The Hall–Kier alpha value is -2.65. The largest absolute Gasteiger partial charge is 0.495 e. The number of para-hydroxylation sites is 2. The first-order valence-electron chi connectivity index (χ1n) is 7.31. The Morgan fingerprint density at radius 3 is 2.36 bits per heavy atom. The van der Waals surface area contributed by atoms with Crippen molar-refractivity contribution in [1.29, 1.82) is 0 Å². The van der Waals surface area contributed by atoms with Crippen molar-refractivity contribution in [3.63, 3.8) is 0 Å². The van der Waals surface area contributed by atoms with Gasteiger partial charge in [-0.1, -0.05) is 12.1 Å². The highest BCUT2D eigenvalue weighted by Gasteiger charge is 2.17. The van der Waals surface area contributed by atoms with E-state index in [1.165, 1.54) is 11.3 Å². The summed E-state index contributed by atoms with van der Waals surface area (Å²) in [5.74, 6) is 1.29. The van der Waals surface area contributed by atoms with E-state index < -0.39 is 10.0 Å². The highest BCUT2D eigenvalue weighted by molar-refractivity contribution is 7.94. The molecular weight excluding hydrogens is 360 g/mol. The number of benzene rings is 1. The summed E-state index contributed by atoms with van der Waals surface area (Å²) in [6.07, 6.45) is 0. The maximum atomic E-state index is 12.3. The van der Waals surface area contributed by atoms with E-state index in [1.54, 1.807) is 31.4 Å². The van der Waals surface area contributed by atoms with E-state index >= 15 is 0 Å². The molecule has 0 spiro atoms. The molecule has 0 fully saturated rings. The van der Waals surface area contributed by atoms with Crippen molar-refractivity contribution in [3.8, 4) is 5.75 Å². The fourth-order valence-corrected chi connectivity index (χ4v) is 4.36. The van der Waals surface area contributed by atoms with Crippen molar-refractivity contribution in [2.75, 3.05) is 17.1 Å². The van der Waals surface area contributed by atoms with Gasteiger partial charge < -0.3 is 10.1 Å². The fraction of sp³-hybridized carbons (Fsp3) is 0.125. The quantitative estimate of drug-likeness (QED) is 0.685. The first-order valence-corrected chi connectivity index (χ1v) is 9.61. The maximum absolute atomic E-state index is 12.3. The minimum Gasteiger partial charge on any atom is -0.495 e. The molecule has 2 N–H and O–H groups in total. The second kappa shape index (κ2) is 7.08. The summed E-state index contributed by atoms with van der Waals surface area (Å²) in [5.41, 5.74) is 0.738. The monoisotopic (exact) mass is 376 g/mol. The average Bonchev–Trinajstić information content (AvgIpc) is 3.04. The second-order valence-electron chi connectivity index (χ2n) is 5.10. The van der Waals surface area contributed by atoms with E-state index in [-0.39, 0.29) is 10.0 Å². The summed E-state index contributed by atoms with van der Waals surface area (Å²) in [4.78, 5) is 0.919. The zero-order valence-corrected chi connectivity index (χ0v) is 15.2. The molecular formula is C16H16N4O3S2. The van der Waals surface area contributed by atoms with Gasteiger partial charge in [0.25, 0.3) is 10.0 Å². The third-order valence-electron chi connectivity index (χ3n) is 3.25. The predicted octanol–water partition coefficient (Wildman–Crippen LogP) is 3.40. The van der Waals surface area contributed by atoms with Gasteiger partial charge in [-0.25, -0.2) is 8.42 Å². The molecule has 3 aromatic rings. The van der Waals surface area contributed by atoms with Crippen LogP contribution in [0.4, 0.5) is 17.3 Å². The summed E-state index contributed by atoms with van der Waals surface area (Å²) in [7, 11) is -2.07. The van der Waals surface area contributed by atoms with Crippen LogP contribution in [0.25, 0.3) is 0 Å². The minimum absolute atomic E-state index is 0.150. The first kappa shape index (κ1) is 17.2. The van der Waals surface area contributed by atoms with Crippen molar-refractivity contribution in [2.45, 2.75) is 11.1 Å². The molecule has 0 aliphatic carbocycles. The number of hydrogen-bond acceptors (Lipinski definition) is 7. The lowest BCUT2D eigenvalue weighted by Crippen LogP contribution is -2.13. The number of hydrogen-bond donors (Lipinski definition) is 2. The van der Waals surface area contributed by atoms with Crippen LogP contribution < -0.4 is 14.8 Å². The van der Waals surface area contributed by atoms with Crippen LogP contribution in [0.3, 0.4) is 0 Å². The van der Waals surface area contributed by atoms with Gasteiger partial charge in [-0.2, -0.15) is 0 Å². The van der Waals surface area contributed by atoms with E-state index in [0.717, 1.165) is 10.6 Å². The highest BCUT2D eigenvalue weighted by Crippen LogP contribution is 2.26. The number of nitrogens with one attached hydrogen (secondary N) is 2. The number of ether oxygens (including phenoxy) is 1. The molecule has 9 heteroatoms. The first-order chi connectivity index (χ1) is 12.0. The molecule has 25 heavy (non-hydrogen) atoms. The summed E-state index contributed by atoms with van der Waals surface area (Å²) < 4.78 is 32.5. The van der Waals surface area contributed by atoms with E-state index in [2.05, 4.69) is 20.2 Å². The minimum atomic E-state index is -3.65. The van der Waals surface area contributed by atoms with Crippen LogP contribution in [0.2, 0.25) is 0 Å². The molecule has 0 amide bonds. The number of rotatable bonds is 6. The number of methoxy groups -OCH3 is 1. The van der Waals surface area contributed by atoms with Crippen LogP contribution in [-0.4, -0.2) is 25.7 Å². The van der Waals surface area contributed by atoms with Crippen molar-refractivity contribution < 1.29 is 13.2 Å². The molecule has 0 aliphatic heterocycles. The highest BCUT2D eigenvalue weighted by atomic mass is 32.2. The van der Waals surface area contributed by atoms with Gasteiger partial charge >= 0.3 is 0 Å². The molecule has 0 saturated carbocycles. The van der Waals surface area contributed by atoms with Crippen molar-refractivity contribution in [1.82, 2.24) is 10.2 Å². The van der Waals surface area contributed by atoms with E-state index in [4.69, 9.17) is 4.74 Å². The zero-order valence-electron chi connectivity index (χ0n) is 13.6. The Morgan fingerprint density at radius 2 is 1.72 bits per heavy atom. The second-order valence-corrected chi connectivity index (χ2v) is 8.30. The molecule has 0 bridgehead atoms. The number of thiophene rings is 1. The average molecular weight is 376 g/mol. The van der Waals surface area contributed by atoms with Gasteiger partial charge in [0, 0.05) is 4.88 Å². The smallest absolute Gasteiger partial charge is 0.272 e. The number of anilines is 3. The number of aryl methyl sites for hydroxylation is 1. The van der Waals surface area contributed by atoms with Gasteiger partial charge in [-0.3, -0.25) is 4.72 Å². The topological polar surface area (TPSA) is 93.2 Å². The Kier molecular flexibility index (Phi) is 4.86. The van der Waals surface area contributed by atoms with E-state index in [0.29, 0.717) is 11.6 Å². The van der Waals surface area contributed by atoms with Crippen molar-refractivity contribution in [2.24, 2.45) is 0 Å². The molecule has 0 saturated heterocycles. The van der Waals surface area contributed by atoms with Gasteiger partial charge in [0.2, 0.25) is 0 Å². The molecule has 0 unspecified atom stereocenters. The van der Waals surface area contributed by atoms with Crippen molar-refractivity contribution >= 4 is 38.7 Å². The Bertz CT molecular complexity index is 969. The lowest BCUT2D eigenvalue weighted by molar-refractivity contribution is 0.417. The summed E-state index contributed by atoms with van der Waals surface area (Å²) >= 11 is 1.20. The Labute approximate surface area is 149 Å². The third-order valence-corrected chi connectivity index (χ3v) is 6.10. The van der Waals surface area contributed by atoms with Gasteiger partial charge in [0.15, 0.2) is 11.6 Å². The number of sulfonamides is 1. The molecule has 130 valence electrons. The van der Waals surface area contributed by atoms with Crippen LogP contribution in [0.1, 0.15) is 4.88 Å². The SMILES string of the molecule is COc1ccccc1Nc1ccc(NS(=O)(=O)c2ccc(C)s2)nn1. The summed E-state index contributed by atoms with van der Waals surface area (Å²) in [6.45, 7) is 1.85. The molecule has 0 aliphatic rings.